The van der Waals surface area contributed by atoms with Gasteiger partial charge in [-0.05, 0) is 30.7 Å². The number of nitrogens with two attached hydrogens (primary N) is 1. The zero-order valence-electron chi connectivity index (χ0n) is 12.2. The van der Waals surface area contributed by atoms with Gasteiger partial charge >= 0.3 is 0 Å². The molecule has 0 fully saturated rings. The third-order valence-electron chi connectivity index (χ3n) is 3.57. The molecular formula is C17H18N4O. The van der Waals surface area contributed by atoms with Crippen molar-refractivity contribution < 1.29 is 4.79 Å². The third-order valence-corrected chi connectivity index (χ3v) is 3.57. The first-order valence-corrected chi connectivity index (χ1v) is 7.28. The van der Waals surface area contributed by atoms with Crippen LogP contribution in [0.3, 0.4) is 0 Å². The predicted molar refractivity (Wildman–Crippen MR) is 88.5 cm³/mol. The predicted octanol–water partition coefficient (Wildman–Crippen LogP) is 3.04. The van der Waals surface area contributed by atoms with Crippen LogP contribution in [0, 0.1) is 0 Å². The van der Waals surface area contributed by atoms with Gasteiger partial charge in [0.2, 0.25) is 5.91 Å². The minimum absolute atomic E-state index is 0.0256. The molecule has 1 amide bonds. The Hall–Kier alpha value is -2.82. The van der Waals surface area contributed by atoms with Gasteiger partial charge in [-0.25, -0.2) is 4.98 Å². The standard InChI is InChI=1S/C17H18N4O/c18-13-6-1-2-7-14(13)20-17(22)10-5-11-21-12-19-15-8-3-4-9-16(15)21/h1-4,6-9,12H,5,10-11,18H2,(H,20,22). The fourth-order valence-corrected chi connectivity index (χ4v) is 2.42. The van der Waals surface area contributed by atoms with E-state index < -0.39 is 0 Å². The number of nitrogens with zero attached hydrogens (tertiary/aromatic N) is 2. The van der Waals surface area contributed by atoms with Crippen molar-refractivity contribution in [2.75, 3.05) is 11.1 Å². The maximum Gasteiger partial charge on any atom is 0.224 e. The molecule has 22 heavy (non-hydrogen) atoms. The summed E-state index contributed by atoms with van der Waals surface area (Å²) in [5, 5.41) is 2.84. The molecule has 0 spiro atoms. The number of imidazole rings is 1. The highest BCUT2D eigenvalue weighted by molar-refractivity contribution is 5.93. The first-order valence-electron chi connectivity index (χ1n) is 7.28. The highest BCUT2D eigenvalue weighted by Gasteiger charge is 2.06. The van der Waals surface area contributed by atoms with Gasteiger partial charge in [0.25, 0.3) is 0 Å². The van der Waals surface area contributed by atoms with Crippen LogP contribution in [-0.2, 0) is 11.3 Å². The molecule has 1 aromatic heterocycles. The number of hydrogen-bond donors (Lipinski definition) is 2. The van der Waals surface area contributed by atoms with Gasteiger partial charge in [0.15, 0.2) is 0 Å². The second kappa shape index (κ2) is 6.30. The summed E-state index contributed by atoms with van der Waals surface area (Å²) in [7, 11) is 0. The molecule has 5 heteroatoms. The number of aromatic nitrogens is 2. The molecule has 3 rings (SSSR count). The molecule has 0 radical (unpaired) electrons. The van der Waals surface area contributed by atoms with Gasteiger partial charge in [-0.2, -0.15) is 0 Å². The van der Waals surface area contributed by atoms with Crippen molar-refractivity contribution in [3.05, 3.63) is 54.9 Å². The molecule has 0 aliphatic heterocycles. The normalized spacial score (nSPS) is 10.7. The van der Waals surface area contributed by atoms with Crippen LogP contribution >= 0.6 is 0 Å². The Bertz CT molecular complexity index is 794. The summed E-state index contributed by atoms with van der Waals surface area (Å²) in [4.78, 5) is 16.3. The smallest absolute Gasteiger partial charge is 0.224 e. The van der Waals surface area contributed by atoms with Gasteiger partial charge in [0, 0.05) is 13.0 Å². The Balaban J connectivity index is 1.55. The zero-order valence-corrected chi connectivity index (χ0v) is 12.2. The van der Waals surface area contributed by atoms with Crippen molar-refractivity contribution in [1.82, 2.24) is 9.55 Å². The molecule has 0 aliphatic carbocycles. The number of fused-ring (bicyclic) bond motifs is 1. The van der Waals surface area contributed by atoms with Crippen molar-refractivity contribution in [2.24, 2.45) is 0 Å². The lowest BCUT2D eigenvalue weighted by molar-refractivity contribution is -0.116. The van der Waals surface area contributed by atoms with E-state index in [1.165, 1.54) is 0 Å². The Kier molecular flexibility index (Phi) is 4.05. The van der Waals surface area contributed by atoms with Crippen LogP contribution < -0.4 is 11.1 Å². The number of carbonyl (C=O) groups is 1. The molecule has 112 valence electrons. The quantitative estimate of drug-likeness (QED) is 0.710. The molecule has 0 saturated carbocycles. The maximum absolute atomic E-state index is 12.0. The van der Waals surface area contributed by atoms with E-state index in [2.05, 4.69) is 14.9 Å². The lowest BCUT2D eigenvalue weighted by Gasteiger charge is -2.08. The molecule has 3 aromatic rings. The summed E-state index contributed by atoms with van der Waals surface area (Å²) in [6.07, 6.45) is 3.01. The van der Waals surface area contributed by atoms with Crippen LogP contribution in [0.25, 0.3) is 11.0 Å². The second-order valence-corrected chi connectivity index (χ2v) is 5.17. The number of para-hydroxylation sites is 4. The summed E-state index contributed by atoms with van der Waals surface area (Å²) in [5.41, 5.74) is 9.13. The molecule has 0 atom stereocenters. The summed E-state index contributed by atoms with van der Waals surface area (Å²) < 4.78 is 2.07. The number of rotatable bonds is 5. The van der Waals surface area contributed by atoms with Crippen molar-refractivity contribution in [3.8, 4) is 0 Å². The Morgan fingerprint density at radius 2 is 1.91 bits per heavy atom. The Labute approximate surface area is 128 Å². The van der Waals surface area contributed by atoms with Crippen LogP contribution in [-0.4, -0.2) is 15.5 Å². The lowest BCUT2D eigenvalue weighted by atomic mass is 10.2. The van der Waals surface area contributed by atoms with Crippen molar-refractivity contribution in [3.63, 3.8) is 0 Å². The molecule has 1 heterocycles. The average molecular weight is 294 g/mol. The van der Waals surface area contributed by atoms with Crippen LogP contribution in [0.4, 0.5) is 11.4 Å². The zero-order chi connectivity index (χ0) is 15.4. The Morgan fingerprint density at radius 1 is 1.14 bits per heavy atom. The summed E-state index contributed by atoms with van der Waals surface area (Å²) >= 11 is 0. The first kappa shape index (κ1) is 14.1. The molecule has 0 bridgehead atoms. The van der Waals surface area contributed by atoms with E-state index in [0.29, 0.717) is 17.8 Å². The molecule has 0 aliphatic rings. The number of carbonyl (C=O) groups excluding carboxylic acids is 1. The van der Waals surface area contributed by atoms with Crippen LogP contribution in [0.2, 0.25) is 0 Å². The van der Waals surface area contributed by atoms with Gasteiger partial charge in [0.1, 0.15) is 0 Å². The maximum atomic E-state index is 12.0. The summed E-state index contributed by atoms with van der Waals surface area (Å²) in [6.45, 7) is 0.762. The molecule has 0 unspecified atom stereocenters. The summed E-state index contributed by atoms with van der Waals surface area (Å²) in [6, 6.07) is 15.2. The molecule has 2 aromatic carbocycles. The van der Waals surface area contributed by atoms with Crippen molar-refractivity contribution >= 4 is 28.3 Å². The molecule has 5 nitrogen and oxygen atoms in total. The van der Waals surface area contributed by atoms with E-state index in [1.807, 2.05) is 42.7 Å². The number of amides is 1. The first-order chi connectivity index (χ1) is 10.7. The highest BCUT2D eigenvalue weighted by atomic mass is 16.1. The van der Waals surface area contributed by atoms with Gasteiger partial charge in [-0.15, -0.1) is 0 Å². The number of aryl methyl sites for hydroxylation is 1. The fraction of sp³-hybridized carbons (Fsp3) is 0.176. The minimum atomic E-state index is -0.0256. The largest absolute Gasteiger partial charge is 0.397 e. The fourth-order valence-electron chi connectivity index (χ4n) is 2.42. The third kappa shape index (κ3) is 3.09. The number of anilines is 2. The molecule has 0 saturated heterocycles. The van der Waals surface area contributed by atoms with E-state index in [0.717, 1.165) is 24.0 Å². The lowest BCUT2D eigenvalue weighted by Crippen LogP contribution is -2.13. The van der Waals surface area contributed by atoms with E-state index in [9.17, 15) is 4.79 Å². The van der Waals surface area contributed by atoms with Gasteiger partial charge < -0.3 is 15.6 Å². The van der Waals surface area contributed by atoms with E-state index in [4.69, 9.17) is 5.73 Å². The van der Waals surface area contributed by atoms with Crippen molar-refractivity contribution in [2.45, 2.75) is 19.4 Å². The topological polar surface area (TPSA) is 72.9 Å². The summed E-state index contributed by atoms with van der Waals surface area (Å²) in [5.74, 6) is -0.0256. The average Bonchev–Trinajstić information content (AvgIpc) is 2.93. The second-order valence-electron chi connectivity index (χ2n) is 5.17. The molecule has 3 N–H and O–H groups in total. The van der Waals surface area contributed by atoms with Crippen LogP contribution in [0.1, 0.15) is 12.8 Å². The number of nitrogens with one attached hydrogen (secondary N) is 1. The van der Waals surface area contributed by atoms with E-state index >= 15 is 0 Å². The number of benzene rings is 2. The van der Waals surface area contributed by atoms with E-state index in [-0.39, 0.29) is 5.91 Å². The SMILES string of the molecule is Nc1ccccc1NC(=O)CCCn1cnc2ccccc21. The van der Waals surface area contributed by atoms with Gasteiger partial charge in [-0.1, -0.05) is 24.3 Å². The minimum Gasteiger partial charge on any atom is -0.397 e. The molecular weight excluding hydrogens is 276 g/mol. The number of hydrogen-bond acceptors (Lipinski definition) is 3. The number of nitrogen functional groups attached to an aromatic ring is 1. The van der Waals surface area contributed by atoms with Crippen LogP contribution in [0.15, 0.2) is 54.9 Å². The van der Waals surface area contributed by atoms with E-state index in [1.54, 1.807) is 12.1 Å². The van der Waals surface area contributed by atoms with Crippen LogP contribution in [0.5, 0.6) is 0 Å². The highest BCUT2D eigenvalue weighted by Crippen LogP contribution is 2.17. The Morgan fingerprint density at radius 3 is 2.77 bits per heavy atom. The van der Waals surface area contributed by atoms with Crippen molar-refractivity contribution in [1.29, 1.82) is 0 Å². The monoisotopic (exact) mass is 294 g/mol. The van der Waals surface area contributed by atoms with Gasteiger partial charge in [0.05, 0.1) is 28.7 Å². The van der Waals surface area contributed by atoms with Gasteiger partial charge in [-0.3, -0.25) is 4.79 Å².